The summed E-state index contributed by atoms with van der Waals surface area (Å²) in [6, 6.07) is 4.16. The van der Waals surface area contributed by atoms with Gasteiger partial charge in [-0.25, -0.2) is 14.6 Å². The number of methoxy groups -OCH3 is 1. The molecule has 0 unspecified atom stereocenters. The molecule has 12 heteroatoms. The van der Waals surface area contributed by atoms with Crippen molar-refractivity contribution in [1.82, 2.24) is 14.9 Å². The van der Waals surface area contributed by atoms with Crippen molar-refractivity contribution >= 4 is 40.7 Å². The summed E-state index contributed by atoms with van der Waals surface area (Å²) in [5.74, 6) is -1.96. The van der Waals surface area contributed by atoms with Crippen LogP contribution in [0, 0.1) is 6.92 Å². The standard InChI is InChI=1S/C24H24N4O8/c1-4-34-24(32)17-12(2)36-20-18(17)19(25)26-16(27-20)11-35-23(31)13-6-7-14-15(10-13)22(30)28(21(14)29)8-5-9-33-3/h6-7,10H,4-5,8-9,11H2,1-3H3,(H2,25,26,27). The van der Waals surface area contributed by atoms with Gasteiger partial charge in [0.05, 0.1) is 28.7 Å². The number of furan rings is 1. The second-order valence-electron chi connectivity index (χ2n) is 7.90. The van der Waals surface area contributed by atoms with E-state index in [0.717, 1.165) is 4.90 Å². The molecule has 1 aliphatic heterocycles. The summed E-state index contributed by atoms with van der Waals surface area (Å²) < 4.78 is 20.8. The minimum Gasteiger partial charge on any atom is -0.462 e. The Morgan fingerprint density at radius 3 is 2.56 bits per heavy atom. The summed E-state index contributed by atoms with van der Waals surface area (Å²) in [5, 5.41) is 0.220. The van der Waals surface area contributed by atoms with Gasteiger partial charge >= 0.3 is 11.9 Å². The number of carbonyl (C=O) groups excluding carboxylic acids is 4. The van der Waals surface area contributed by atoms with Gasteiger partial charge in [-0.2, -0.15) is 4.98 Å². The first-order valence-corrected chi connectivity index (χ1v) is 11.2. The van der Waals surface area contributed by atoms with Crippen LogP contribution in [0.15, 0.2) is 22.6 Å². The molecule has 0 saturated heterocycles. The van der Waals surface area contributed by atoms with Gasteiger partial charge in [-0.1, -0.05) is 0 Å². The van der Waals surface area contributed by atoms with Gasteiger partial charge in [-0.05, 0) is 38.5 Å². The number of esters is 2. The molecule has 188 valence electrons. The van der Waals surface area contributed by atoms with Crippen LogP contribution in [-0.2, 0) is 20.8 Å². The predicted molar refractivity (Wildman–Crippen MR) is 124 cm³/mol. The molecular formula is C24H24N4O8. The van der Waals surface area contributed by atoms with Crippen LogP contribution in [-0.4, -0.2) is 65.5 Å². The third-order valence-corrected chi connectivity index (χ3v) is 5.55. The van der Waals surface area contributed by atoms with E-state index in [1.54, 1.807) is 13.8 Å². The van der Waals surface area contributed by atoms with Crippen LogP contribution in [0.4, 0.5) is 5.82 Å². The Bertz CT molecular complexity index is 1380. The topological polar surface area (TPSA) is 164 Å². The molecule has 2 aromatic heterocycles. The Morgan fingerprint density at radius 1 is 1.08 bits per heavy atom. The summed E-state index contributed by atoms with van der Waals surface area (Å²) in [6.45, 7) is 3.70. The second kappa shape index (κ2) is 10.1. The number of aromatic nitrogens is 2. The number of anilines is 1. The fourth-order valence-electron chi connectivity index (χ4n) is 3.90. The highest BCUT2D eigenvalue weighted by molar-refractivity contribution is 6.22. The molecule has 0 aliphatic carbocycles. The molecule has 1 aliphatic rings. The van der Waals surface area contributed by atoms with Crippen molar-refractivity contribution in [2.75, 3.05) is 32.6 Å². The number of ether oxygens (including phenoxy) is 3. The number of hydrogen-bond acceptors (Lipinski definition) is 11. The van der Waals surface area contributed by atoms with E-state index < -0.39 is 23.8 Å². The largest absolute Gasteiger partial charge is 0.462 e. The maximum absolute atomic E-state index is 12.7. The third kappa shape index (κ3) is 4.50. The number of rotatable bonds is 9. The lowest BCUT2D eigenvalue weighted by Crippen LogP contribution is -2.31. The maximum Gasteiger partial charge on any atom is 0.342 e. The quantitative estimate of drug-likeness (QED) is 0.262. The van der Waals surface area contributed by atoms with Crippen LogP contribution in [0.5, 0.6) is 0 Å². The SMILES string of the molecule is CCOC(=O)c1c(C)oc2nc(COC(=O)c3ccc4c(c3)C(=O)N(CCCOC)C4=O)nc(N)c12. The number of amides is 2. The molecule has 0 saturated carbocycles. The Kier molecular flexibility index (Phi) is 6.97. The van der Waals surface area contributed by atoms with Gasteiger partial charge in [0, 0.05) is 20.3 Å². The van der Waals surface area contributed by atoms with Crippen LogP contribution in [0.2, 0.25) is 0 Å². The Morgan fingerprint density at radius 2 is 1.83 bits per heavy atom. The number of fused-ring (bicyclic) bond motifs is 2. The lowest BCUT2D eigenvalue weighted by atomic mass is 10.1. The Hall–Kier alpha value is -4.32. The number of imide groups is 1. The van der Waals surface area contributed by atoms with E-state index in [-0.39, 0.29) is 70.5 Å². The van der Waals surface area contributed by atoms with Gasteiger partial charge in [-0.3, -0.25) is 14.5 Å². The zero-order valence-electron chi connectivity index (χ0n) is 20.0. The van der Waals surface area contributed by atoms with Crippen molar-refractivity contribution in [2.45, 2.75) is 26.9 Å². The molecule has 0 radical (unpaired) electrons. The Balaban J connectivity index is 1.49. The molecule has 1 aromatic carbocycles. The third-order valence-electron chi connectivity index (χ3n) is 5.55. The van der Waals surface area contributed by atoms with E-state index in [1.165, 1.54) is 25.3 Å². The van der Waals surface area contributed by atoms with Crippen molar-refractivity contribution in [1.29, 1.82) is 0 Å². The monoisotopic (exact) mass is 496 g/mol. The molecule has 2 N–H and O–H groups in total. The van der Waals surface area contributed by atoms with Crippen LogP contribution in [0.25, 0.3) is 11.1 Å². The van der Waals surface area contributed by atoms with Crippen LogP contribution in [0.1, 0.15) is 66.4 Å². The van der Waals surface area contributed by atoms with Crippen molar-refractivity contribution in [3.05, 3.63) is 52.0 Å². The van der Waals surface area contributed by atoms with E-state index in [2.05, 4.69) is 9.97 Å². The van der Waals surface area contributed by atoms with Crippen LogP contribution in [0.3, 0.4) is 0 Å². The minimum atomic E-state index is -0.749. The molecule has 12 nitrogen and oxygen atoms in total. The normalized spacial score (nSPS) is 12.8. The maximum atomic E-state index is 12.7. The lowest BCUT2D eigenvalue weighted by Gasteiger charge is -2.12. The van der Waals surface area contributed by atoms with Crippen molar-refractivity contribution in [3.8, 4) is 0 Å². The summed E-state index contributed by atoms with van der Waals surface area (Å²) in [4.78, 5) is 59.5. The molecule has 0 fully saturated rings. The van der Waals surface area contributed by atoms with Gasteiger partial charge in [0.1, 0.15) is 17.1 Å². The fraction of sp³-hybridized carbons (Fsp3) is 0.333. The summed E-state index contributed by atoms with van der Waals surface area (Å²) in [7, 11) is 1.54. The van der Waals surface area contributed by atoms with Gasteiger partial charge in [0.2, 0.25) is 5.71 Å². The van der Waals surface area contributed by atoms with Crippen molar-refractivity contribution in [2.24, 2.45) is 0 Å². The second-order valence-corrected chi connectivity index (χ2v) is 7.90. The Labute approximate surface area is 205 Å². The highest BCUT2D eigenvalue weighted by Gasteiger charge is 2.35. The minimum absolute atomic E-state index is 0.0267. The first-order chi connectivity index (χ1) is 17.3. The van der Waals surface area contributed by atoms with Crippen LogP contribution >= 0.6 is 0 Å². The number of benzene rings is 1. The zero-order chi connectivity index (χ0) is 26.0. The number of carbonyl (C=O) groups is 4. The molecule has 4 rings (SSSR count). The number of nitrogens with two attached hydrogens (primary N) is 1. The number of nitrogens with zero attached hydrogens (tertiary/aromatic N) is 3. The van der Waals surface area contributed by atoms with E-state index >= 15 is 0 Å². The predicted octanol–water partition coefficient (Wildman–Crippen LogP) is 2.28. The van der Waals surface area contributed by atoms with Crippen molar-refractivity contribution in [3.63, 3.8) is 0 Å². The first kappa shape index (κ1) is 24.8. The first-order valence-electron chi connectivity index (χ1n) is 11.2. The lowest BCUT2D eigenvalue weighted by molar-refractivity contribution is 0.0461. The molecular weight excluding hydrogens is 472 g/mol. The smallest absolute Gasteiger partial charge is 0.342 e. The summed E-state index contributed by atoms with van der Waals surface area (Å²) in [5.41, 5.74) is 6.67. The van der Waals surface area contributed by atoms with E-state index in [4.69, 9.17) is 24.4 Å². The average Bonchev–Trinajstić information content (AvgIpc) is 3.31. The van der Waals surface area contributed by atoms with Gasteiger partial charge in [-0.15, -0.1) is 0 Å². The van der Waals surface area contributed by atoms with Gasteiger partial charge < -0.3 is 24.4 Å². The molecule has 36 heavy (non-hydrogen) atoms. The number of hydrogen-bond donors (Lipinski definition) is 1. The van der Waals surface area contributed by atoms with Gasteiger partial charge in [0.15, 0.2) is 12.4 Å². The van der Waals surface area contributed by atoms with Crippen LogP contribution < -0.4 is 5.73 Å². The molecule has 3 heterocycles. The zero-order valence-corrected chi connectivity index (χ0v) is 20.0. The molecule has 0 bridgehead atoms. The summed E-state index contributed by atoms with van der Waals surface area (Å²) in [6.07, 6.45) is 0.501. The van der Waals surface area contributed by atoms with E-state index in [1.807, 2.05) is 0 Å². The highest BCUT2D eigenvalue weighted by Crippen LogP contribution is 2.29. The molecule has 0 spiro atoms. The molecule has 0 atom stereocenters. The van der Waals surface area contributed by atoms with E-state index in [0.29, 0.717) is 13.0 Å². The number of aryl methyl sites for hydroxylation is 1. The highest BCUT2D eigenvalue weighted by atomic mass is 16.5. The fourth-order valence-corrected chi connectivity index (χ4v) is 3.90. The van der Waals surface area contributed by atoms with E-state index in [9.17, 15) is 19.2 Å². The average molecular weight is 496 g/mol. The van der Waals surface area contributed by atoms with Gasteiger partial charge in [0.25, 0.3) is 11.8 Å². The summed E-state index contributed by atoms with van der Waals surface area (Å²) >= 11 is 0. The number of nitrogen functional groups attached to an aromatic ring is 1. The molecule has 2 amide bonds. The molecule has 3 aromatic rings. The van der Waals surface area contributed by atoms with Crippen molar-refractivity contribution < 1.29 is 37.8 Å².